The maximum Gasteiger partial charge on any atom is 0.221 e. The summed E-state index contributed by atoms with van der Waals surface area (Å²) in [5.74, 6) is 0.102. The zero-order chi connectivity index (χ0) is 19.6. The molecule has 3 aromatic rings. The predicted octanol–water partition coefficient (Wildman–Crippen LogP) is 5.30. The Morgan fingerprint density at radius 2 is 1.61 bits per heavy atom. The van der Waals surface area contributed by atoms with Crippen molar-refractivity contribution in [3.05, 3.63) is 67.0 Å². The first-order valence-corrected chi connectivity index (χ1v) is 10.2. The number of aromatic nitrogens is 2. The molecule has 0 spiro atoms. The first-order chi connectivity index (χ1) is 13.8. The van der Waals surface area contributed by atoms with Gasteiger partial charge in [-0.1, -0.05) is 86.8 Å². The lowest BCUT2D eigenvalue weighted by Crippen LogP contribution is -2.25. The summed E-state index contributed by atoms with van der Waals surface area (Å²) in [6.45, 7) is 3.58. The van der Waals surface area contributed by atoms with Crippen molar-refractivity contribution < 1.29 is 4.79 Å². The number of nitrogens with one attached hydrogen (secondary N) is 1. The second-order valence-corrected chi connectivity index (χ2v) is 7.03. The van der Waals surface area contributed by atoms with Crippen molar-refractivity contribution >= 4 is 5.91 Å². The molecule has 28 heavy (non-hydrogen) atoms. The van der Waals surface area contributed by atoms with Crippen molar-refractivity contribution in [2.75, 3.05) is 6.54 Å². The van der Waals surface area contributed by atoms with E-state index in [0.29, 0.717) is 13.0 Å². The molecule has 2 aromatic carbocycles. The highest BCUT2D eigenvalue weighted by Gasteiger charge is 2.15. The molecule has 0 bridgehead atoms. The highest BCUT2D eigenvalue weighted by atomic mass is 16.1. The molecular weight excluding hydrogens is 346 g/mol. The topological polar surface area (TPSA) is 46.9 Å². The van der Waals surface area contributed by atoms with Gasteiger partial charge in [0.05, 0.1) is 17.7 Å². The molecule has 0 aliphatic carbocycles. The summed E-state index contributed by atoms with van der Waals surface area (Å²) in [5, 5.41) is 3.04. The van der Waals surface area contributed by atoms with Gasteiger partial charge in [0.25, 0.3) is 0 Å². The Kier molecular flexibility index (Phi) is 7.42. The molecule has 0 fully saturated rings. The van der Waals surface area contributed by atoms with Gasteiger partial charge in [-0.05, 0) is 6.42 Å². The molecule has 1 N–H and O–H groups in total. The van der Waals surface area contributed by atoms with Gasteiger partial charge in [0.15, 0.2) is 0 Å². The SMILES string of the molecule is CCCCCCNC(=O)CCn1cnc(-c2ccccc2)c1-c1ccccc1. The van der Waals surface area contributed by atoms with Crippen molar-refractivity contribution in [2.45, 2.75) is 45.6 Å². The van der Waals surface area contributed by atoms with E-state index in [-0.39, 0.29) is 5.91 Å². The number of carbonyl (C=O) groups is 1. The second kappa shape index (κ2) is 10.5. The van der Waals surface area contributed by atoms with Crippen LogP contribution in [0.5, 0.6) is 0 Å². The van der Waals surface area contributed by atoms with Crippen LogP contribution in [0.3, 0.4) is 0 Å². The molecule has 1 aromatic heterocycles. The molecule has 0 aliphatic heterocycles. The minimum absolute atomic E-state index is 0.102. The molecule has 0 aliphatic rings. The molecule has 4 heteroatoms. The van der Waals surface area contributed by atoms with E-state index in [2.05, 4.69) is 46.1 Å². The number of carbonyl (C=O) groups excluding carboxylic acids is 1. The summed E-state index contributed by atoms with van der Waals surface area (Å²) in [5.41, 5.74) is 4.20. The van der Waals surface area contributed by atoms with Crippen LogP contribution >= 0.6 is 0 Å². The van der Waals surface area contributed by atoms with Gasteiger partial charge in [-0.15, -0.1) is 0 Å². The van der Waals surface area contributed by atoms with E-state index in [1.165, 1.54) is 19.3 Å². The zero-order valence-corrected chi connectivity index (χ0v) is 16.6. The largest absolute Gasteiger partial charge is 0.356 e. The van der Waals surface area contributed by atoms with Crippen LogP contribution in [-0.2, 0) is 11.3 Å². The monoisotopic (exact) mass is 375 g/mol. The van der Waals surface area contributed by atoms with Crippen LogP contribution in [0.15, 0.2) is 67.0 Å². The summed E-state index contributed by atoms with van der Waals surface area (Å²) in [6.07, 6.45) is 6.97. The Hall–Kier alpha value is -2.88. The fourth-order valence-electron chi connectivity index (χ4n) is 3.35. The van der Waals surface area contributed by atoms with E-state index >= 15 is 0 Å². The highest BCUT2D eigenvalue weighted by molar-refractivity contribution is 5.79. The standard InChI is InChI=1S/C24H29N3O/c1-2-3-4-11-17-25-22(28)16-18-27-19-26-23(20-12-7-5-8-13-20)24(27)21-14-9-6-10-15-21/h5-10,12-15,19H,2-4,11,16-18H2,1H3,(H,25,28). The van der Waals surface area contributed by atoms with Crippen molar-refractivity contribution in [3.8, 4) is 22.5 Å². The third kappa shape index (κ3) is 5.32. The van der Waals surface area contributed by atoms with Gasteiger partial charge >= 0.3 is 0 Å². The predicted molar refractivity (Wildman–Crippen MR) is 115 cm³/mol. The van der Waals surface area contributed by atoms with Crippen molar-refractivity contribution in [3.63, 3.8) is 0 Å². The molecule has 0 saturated carbocycles. The van der Waals surface area contributed by atoms with E-state index in [9.17, 15) is 4.79 Å². The Labute approximate surface area is 167 Å². The van der Waals surface area contributed by atoms with Crippen LogP contribution in [0.2, 0.25) is 0 Å². The Bertz CT molecular complexity index is 856. The average Bonchev–Trinajstić information content (AvgIpc) is 3.17. The molecule has 1 amide bonds. The molecule has 4 nitrogen and oxygen atoms in total. The van der Waals surface area contributed by atoms with Gasteiger partial charge in [-0.2, -0.15) is 0 Å². The van der Waals surface area contributed by atoms with Gasteiger partial charge in [0.2, 0.25) is 5.91 Å². The molecule has 0 saturated heterocycles. The van der Waals surface area contributed by atoms with E-state index in [1.807, 2.05) is 42.7 Å². The summed E-state index contributed by atoms with van der Waals surface area (Å²) in [6, 6.07) is 20.5. The fraction of sp³-hybridized carbons (Fsp3) is 0.333. The van der Waals surface area contributed by atoms with Gasteiger partial charge in [-0.25, -0.2) is 4.98 Å². The lowest BCUT2D eigenvalue weighted by atomic mass is 10.0. The van der Waals surface area contributed by atoms with Crippen LogP contribution < -0.4 is 5.32 Å². The second-order valence-electron chi connectivity index (χ2n) is 7.03. The normalized spacial score (nSPS) is 10.8. The molecular formula is C24H29N3O. The lowest BCUT2D eigenvalue weighted by Gasteiger charge is -2.11. The van der Waals surface area contributed by atoms with E-state index < -0.39 is 0 Å². The molecule has 0 unspecified atom stereocenters. The van der Waals surface area contributed by atoms with Crippen LogP contribution in [0.4, 0.5) is 0 Å². The molecule has 0 radical (unpaired) electrons. The number of nitrogens with zero attached hydrogens (tertiary/aromatic N) is 2. The summed E-state index contributed by atoms with van der Waals surface area (Å²) < 4.78 is 2.09. The summed E-state index contributed by atoms with van der Waals surface area (Å²) in [4.78, 5) is 16.9. The number of unbranched alkanes of at least 4 members (excludes halogenated alkanes) is 3. The van der Waals surface area contributed by atoms with Crippen molar-refractivity contribution in [1.82, 2.24) is 14.9 Å². The third-order valence-electron chi connectivity index (χ3n) is 4.86. The molecule has 3 rings (SSSR count). The van der Waals surface area contributed by atoms with Gasteiger partial charge in [0.1, 0.15) is 0 Å². The Balaban J connectivity index is 1.71. The Morgan fingerprint density at radius 3 is 2.29 bits per heavy atom. The minimum atomic E-state index is 0.102. The zero-order valence-electron chi connectivity index (χ0n) is 16.6. The van der Waals surface area contributed by atoms with Gasteiger partial charge < -0.3 is 9.88 Å². The number of aryl methyl sites for hydroxylation is 1. The summed E-state index contributed by atoms with van der Waals surface area (Å²) >= 11 is 0. The third-order valence-corrected chi connectivity index (χ3v) is 4.86. The number of benzene rings is 2. The van der Waals surface area contributed by atoms with Crippen LogP contribution in [-0.4, -0.2) is 22.0 Å². The van der Waals surface area contributed by atoms with Crippen LogP contribution in [0, 0.1) is 0 Å². The number of rotatable bonds is 10. The van der Waals surface area contributed by atoms with Crippen molar-refractivity contribution in [1.29, 1.82) is 0 Å². The number of amides is 1. The van der Waals surface area contributed by atoms with Crippen LogP contribution in [0.25, 0.3) is 22.5 Å². The highest BCUT2D eigenvalue weighted by Crippen LogP contribution is 2.31. The number of hydrogen-bond acceptors (Lipinski definition) is 2. The maximum absolute atomic E-state index is 12.2. The smallest absolute Gasteiger partial charge is 0.221 e. The lowest BCUT2D eigenvalue weighted by molar-refractivity contribution is -0.121. The summed E-state index contributed by atoms with van der Waals surface area (Å²) in [7, 11) is 0. The number of imidazole rings is 1. The first-order valence-electron chi connectivity index (χ1n) is 10.2. The molecule has 146 valence electrons. The van der Waals surface area contributed by atoms with Crippen molar-refractivity contribution in [2.24, 2.45) is 0 Å². The number of hydrogen-bond donors (Lipinski definition) is 1. The Morgan fingerprint density at radius 1 is 0.929 bits per heavy atom. The maximum atomic E-state index is 12.2. The van der Waals surface area contributed by atoms with Crippen LogP contribution in [0.1, 0.15) is 39.0 Å². The van der Waals surface area contributed by atoms with Gasteiger partial charge in [0, 0.05) is 30.6 Å². The first kappa shape index (κ1) is 19.9. The molecule has 1 heterocycles. The van der Waals surface area contributed by atoms with E-state index in [0.717, 1.165) is 35.5 Å². The minimum Gasteiger partial charge on any atom is -0.356 e. The quantitative estimate of drug-likeness (QED) is 0.489. The van der Waals surface area contributed by atoms with Gasteiger partial charge in [-0.3, -0.25) is 4.79 Å². The molecule has 0 atom stereocenters. The fourth-order valence-corrected chi connectivity index (χ4v) is 3.35. The van der Waals surface area contributed by atoms with E-state index in [4.69, 9.17) is 0 Å². The average molecular weight is 376 g/mol. The van der Waals surface area contributed by atoms with E-state index in [1.54, 1.807) is 0 Å².